The molecule has 2 aliphatic rings. The summed E-state index contributed by atoms with van der Waals surface area (Å²) in [6.45, 7) is 8.87. The molecule has 0 saturated carbocycles. The maximum atomic E-state index is 13.6. The summed E-state index contributed by atoms with van der Waals surface area (Å²) in [4.78, 5) is 7.01. The third-order valence-electron chi connectivity index (χ3n) is 8.40. The number of pyridine rings is 1. The molecule has 0 aliphatic carbocycles. The van der Waals surface area contributed by atoms with Crippen LogP contribution in [0.15, 0.2) is 78.8 Å². The minimum atomic E-state index is -0.346. The Morgan fingerprint density at radius 3 is 2.40 bits per heavy atom. The van der Waals surface area contributed by atoms with E-state index in [2.05, 4.69) is 69.5 Å². The summed E-state index contributed by atoms with van der Waals surface area (Å²) in [5.74, 6) is -0.346. The van der Waals surface area contributed by atoms with Crippen molar-refractivity contribution in [3.8, 4) is 6.07 Å². The van der Waals surface area contributed by atoms with E-state index in [9.17, 15) is 9.65 Å². The van der Waals surface area contributed by atoms with Crippen LogP contribution < -0.4 is 21.6 Å². The number of nitrogens with one attached hydrogen (secondary N) is 4. The molecular formula is C34H35Cl2FN8. The lowest BCUT2D eigenvalue weighted by molar-refractivity contribution is 0.0570. The molecule has 8 nitrogen and oxygen atoms in total. The number of piperidine rings is 1. The Labute approximate surface area is 272 Å². The molecule has 3 heterocycles. The van der Waals surface area contributed by atoms with Gasteiger partial charge in [0.1, 0.15) is 11.9 Å². The van der Waals surface area contributed by atoms with E-state index in [1.165, 1.54) is 18.3 Å². The fraction of sp³-hybridized carbons (Fsp3) is 0.294. The van der Waals surface area contributed by atoms with Crippen LogP contribution in [0.5, 0.6) is 0 Å². The highest BCUT2D eigenvalue weighted by Gasteiger charge is 2.32. The summed E-state index contributed by atoms with van der Waals surface area (Å²) in [7, 11) is 0. The zero-order valence-corrected chi connectivity index (χ0v) is 26.8. The molecule has 1 fully saturated rings. The Balaban J connectivity index is 1.33. The highest BCUT2D eigenvalue weighted by atomic mass is 35.5. The Hall–Kier alpha value is -4.07. The van der Waals surface area contributed by atoms with Crippen molar-refractivity contribution in [2.24, 2.45) is 0 Å². The van der Waals surface area contributed by atoms with Crippen molar-refractivity contribution >= 4 is 51.2 Å². The van der Waals surface area contributed by atoms with Gasteiger partial charge in [-0.05, 0) is 87.7 Å². The van der Waals surface area contributed by atoms with Gasteiger partial charge in [0.15, 0.2) is 0 Å². The standard InChI is InChI=1S/C34H35Cl2FN8/c1-34(2,3)44-14-12-27(13-15-44)45-20-30(42-43-45)32(21-4-6-23(35)7-5-21)41-26-16-28-31(40-25-10-8-24(37)9-11-25)22(18-38)19-39-33(28)29(36)17-26/h4-11,16-17,19-20,27,32,41-43H,12-15H2,1-3H3,(H,39,40)/t32-/m0/s1. The number of halogens is 3. The van der Waals surface area contributed by atoms with Gasteiger partial charge in [0.05, 0.1) is 33.5 Å². The molecule has 1 saturated heterocycles. The first-order chi connectivity index (χ1) is 21.6. The zero-order chi connectivity index (χ0) is 31.7. The van der Waals surface area contributed by atoms with E-state index in [1.54, 1.807) is 12.1 Å². The van der Waals surface area contributed by atoms with Crippen LogP contribution in [-0.4, -0.2) is 39.6 Å². The Kier molecular flexibility index (Phi) is 8.76. The predicted octanol–water partition coefficient (Wildman–Crippen LogP) is 7.88. The van der Waals surface area contributed by atoms with Crippen molar-refractivity contribution < 1.29 is 4.39 Å². The number of nitriles is 1. The number of aromatic nitrogens is 1. The molecule has 3 aromatic carbocycles. The first kappa shape index (κ1) is 30.9. The number of fused-ring (bicyclic) bond motifs is 1. The molecule has 6 rings (SSSR count). The van der Waals surface area contributed by atoms with Crippen molar-refractivity contribution in [1.29, 1.82) is 5.26 Å². The monoisotopic (exact) mass is 644 g/mol. The first-order valence-electron chi connectivity index (χ1n) is 14.9. The molecule has 0 radical (unpaired) electrons. The van der Waals surface area contributed by atoms with E-state index >= 15 is 0 Å². The lowest BCUT2D eigenvalue weighted by Gasteiger charge is -2.42. The molecule has 1 atom stereocenters. The van der Waals surface area contributed by atoms with Gasteiger partial charge in [0.2, 0.25) is 0 Å². The summed E-state index contributed by atoms with van der Waals surface area (Å²) >= 11 is 13.1. The second-order valence-corrected chi connectivity index (χ2v) is 13.2. The van der Waals surface area contributed by atoms with Crippen LogP contribution in [0.25, 0.3) is 10.9 Å². The Morgan fingerprint density at radius 1 is 1.02 bits per heavy atom. The number of hydrogen-bond acceptors (Lipinski definition) is 8. The maximum absolute atomic E-state index is 13.6. The lowest BCUT2D eigenvalue weighted by atomic mass is 9.98. The van der Waals surface area contributed by atoms with Crippen LogP contribution in [0.3, 0.4) is 0 Å². The average Bonchev–Trinajstić information content (AvgIpc) is 3.51. The number of hydrogen-bond donors (Lipinski definition) is 4. The smallest absolute Gasteiger partial charge is 0.123 e. The highest BCUT2D eigenvalue weighted by molar-refractivity contribution is 6.36. The number of rotatable bonds is 7. The number of nitrogens with zero attached hydrogens (tertiary/aromatic N) is 4. The summed E-state index contributed by atoms with van der Waals surface area (Å²) in [5, 5.41) is 20.7. The van der Waals surface area contributed by atoms with Gasteiger partial charge in [-0.3, -0.25) is 14.9 Å². The van der Waals surface area contributed by atoms with E-state index in [0.29, 0.717) is 43.9 Å². The average molecular weight is 646 g/mol. The van der Waals surface area contributed by atoms with Gasteiger partial charge >= 0.3 is 0 Å². The third-order valence-corrected chi connectivity index (χ3v) is 8.94. The minimum Gasteiger partial charge on any atom is -0.373 e. The number of benzene rings is 3. The second-order valence-electron chi connectivity index (χ2n) is 12.4. The van der Waals surface area contributed by atoms with E-state index in [1.807, 2.05) is 36.4 Å². The normalized spacial score (nSPS) is 16.6. The van der Waals surface area contributed by atoms with Crippen LogP contribution in [0.1, 0.15) is 50.8 Å². The molecule has 232 valence electrons. The summed E-state index contributed by atoms with van der Waals surface area (Å²) in [6.07, 6.45) is 5.71. The molecule has 1 aromatic heterocycles. The van der Waals surface area contributed by atoms with Crippen molar-refractivity contribution in [3.05, 3.63) is 106 Å². The highest BCUT2D eigenvalue weighted by Crippen LogP contribution is 2.37. The molecule has 0 amide bonds. The van der Waals surface area contributed by atoms with Crippen molar-refractivity contribution in [2.75, 3.05) is 23.7 Å². The van der Waals surface area contributed by atoms with Gasteiger partial charge in [0.25, 0.3) is 0 Å². The Morgan fingerprint density at radius 2 is 1.73 bits per heavy atom. The fourth-order valence-corrected chi connectivity index (χ4v) is 6.30. The van der Waals surface area contributed by atoms with Gasteiger partial charge in [-0.15, -0.1) is 5.53 Å². The van der Waals surface area contributed by atoms with Gasteiger partial charge in [0, 0.05) is 58.9 Å². The topological polar surface area (TPSA) is 91.3 Å². The van der Waals surface area contributed by atoms with E-state index in [-0.39, 0.29) is 17.4 Å². The quantitative estimate of drug-likeness (QED) is 0.161. The number of anilines is 3. The van der Waals surface area contributed by atoms with Gasteiger partial charge in [-0.2, -0.15) is 5.26 Å². The van der Waals surface area contributed by atoms with E-state index in [0.717, 1.165) is 42.9 Å². The Bertz CT molecular complexity index is 1760. The van der Waals surface area contributed by atoms with Gasteiger partial charge in [-0.1, -0.05) is 35.3 Å². The van der Waals surface area contributed by atoms with Crippen molar-refractivity contribution in [2.45, 2.75) is 51.2 Å². The molecule has 0 spiro atoms. The largest absolute Gasteiger partial charge is 0.373 e. The minimum absolute atomic E-state index is 0.158. The SMILES string of the molecule is CC(C)(C)N1CCC(N2C=C([C@@H](Nc3cc(Cl)c4ncc(C#N)c(Nc5ccc(F)cc5)c4c3)c3ccc(Cl)cc3)NN2)CC1. The molecule has 0 bridgehead atoms. The molecule has 45 heavy (non-hydrogen) atoms. The van der Waals surface area contributed by atoms with Crippen LogP contribution in [0, 0.1) is 17.1 Å². The van der Waals surface area contributed by atoms with Gasteiger partial charge in [-0.25, -0.2) is 4.39 Å². The van der Waals surface area contributed by atoms with Crippen LogP contribution >= 0.6 is 23.2 Å². The maximum Gasteiger partial charge on any atom is 0.123 e. The number of hydrazine groups is 2. The molecule has 11 heteroatoms. The van der Waals surface area contributed by atoms with Crippen molar-refractivity contribution in [3.63, 3.8) is 0 Å². The molecule has 4 N–H and O–H groups in total. The summed E-state index contributed by atoms with van der Waals surface area (Å²) in [6, 6.07) is 19.7. The number of likely N-dealkylation sites (tertiary alicyclic amines) is 1. The lowest BCUT2D eigenvalue weighted by Crippen LogP contribution is -2.52. The molecular weight excluding hydrogens is 610 g/mol. The van der Waals surface area contributed by atoms with Crippen LogP contribution in [0.4, 0.5) is 21.5 Å². The fourth-order valence-electron chi connectivity index (χ4n) is 5.90. The summed E-state index contributed by atoms with van der Waals surface area (Å²) in [5.41, 5.74) is 11.6. The van der Waals surface area contributed by atoms with Crippen LogP contribution in [0.2, 0.25) is 10.0 Å². The van der Waals surface area contributed by atoms with Crippen LogP contribution in [-0.2, 0) is 0 Å². The van der Waals surface area contributed by atoms with Gasteiger partial charge < -0.3 is 16.1 Å². The molecule has 2 aliphatic heterocycles. The predicted molar refractivity (Wildman–Crippen MR) is 180 cm³/mol. The zero-order valence-electron chi connectivity index (χ0n) is 25.3. The molecule has 4 aromatic rings. The van der Waals surface area contributed by atoms with E-state index in [4.69, 9.17) is 23.2 Å². The second kappa shape index (κ2) is 12.7. The third kappa shape index (κ3) is 6.80. The van der Waals surface area contributed by atoms with Crippen molar-refractivity contribution in [1.82, 2.24) is 25.9 Å². The summed E-state index contributed by atoms with van der Waals surface area (Å²) < 4.78 is 13.6. The van der Waals surface area contributed by atoms with E-state index < -0.39 is 0 Å². The first-order valence-corrected chi connectivity index (χ1v) is 15.7. The molecule has 0 unspecified atom stereocenters.